The maximum Gasteiger partial charge on any atom is 0.172 e. The quantitative estimate of drug-likeness (QED) is 0.851. The molecule has 14 heavy (non-hydrogen) atoms. The highest BCUT2D eigenvalue weighted by atomic mass is 79.9. The molecule has 0 saturated carbocycles. The molecule has 71 valence electrons. The van der Waals surface area contributed by atoms with E-state index in [4.69, 9.17) is 4.84 Å². The zero-order valence-corrected chi connectivity index (χ0v) is 10.1. The second kappa shape index (κ2) is 4.14. The van der Waals surface area contributed by atoms with Gasteiger partial charge >= 0.3 is 0 Å². The molecule has 0 spiro atoms. The van der Waals surface area contributed by atoms with Crippen LogP contribution in [0.15, 0.2) is 39.4 Å². The molecule has 0 aliphatic heterocycles. The van der Waals surface area contributed by atoms with Crippen molar-refractivity contribution in [2.24, 2.45) is 0 Å². The second-order valence-electron chi connectivity index (χ2n) is 2.51. The molecule has 0 bridgehead atoms. The summed E-state index contributed by atoms with van der Waals surface area (Å²) < 4.78 is 1.85. The van der Waals surface area contributed by atoms with Crippen LogP contribution in [-0.4, -0.2) is 9.94 Å². The van der Waals surface area contributed by atoms with Gasteiger partial charge in [-0.3, -0.25) is 0 Å². The van der Waals surface area contributed by atoms with E-state index in [2.05, 4.69) is 43.2 Å². The van der Waals surface area contributed by atoms with Crippen LogP contribution in [-0.2, 0) is 0 Å². The number of nitrogens with zero attached hydrogens (tertiary/aromatic N) is 2. The molecule has 0 aliphatic rings. The van der Waals surface area contributed by atoms with Gasteiger partial charge in [-0.1, -0.05) is 20.8 Å². The third-order valence-corrected chi connectivity index (χ3v) is 2.63. The number of halogens is 2. The molecule has 0 atom stereocenters. The molecule has 0 amide bonds. The Bertz CT molecular complexity index is 428. The molecule has 0 unspecified atom stereocenters. The normalized spacial score (nSPS) is 10.1. The average molecular weight is 317 g/mol. The molecule has 1 heterocycles. The van der Waals surface area contributed by atoms with Gasteiger partial charge in [0, 0.05) is 4.47 Å². The van der Waals surface area contributed by atoms with Crippen LogP contribution < -0.4 is 4.84 Å². The Balaban J connectivity index is 2.25. The van der Waals surface area contributed by atoms with Gasteiger partial charge in [0.15, 0.2) is 5.75 Å². The predicted octanol–water partition coefficient (Wildman–Crippen LogP) is 3.05. The van der Waals surface area contributed by atoms with Crippen molar-refractivity contribution in [1.29, 1.82) is 0 Å². The predicted molar refractivity (Wildman–Crippen MR) is 58.9 cm³/mol. The van der Waals surface area contributed by atoms with Crippen LogP contribution in [0, 0.1) is 6.20 Å². The summed E-state index contributed by atoms with van der Waals surface area (Å²) in [6, 6.07) is 7.32. The number of hydrogen-bond donors (Lipinski definition) is 0. The molecule has 0 saturated heterocycles. The number of benzene rings is 1. The van der Waals surface area contributed by atoms with Crippen LogP contribution in [0.1, 0.15) is 0 Å². The summed E-state index contributed by atoms with van der Waals surface area (Å²) in [5.41, 5.74) is 0. The first-order chi connectivity index (χ1) is 6.75. The lowest BCUT2D eigenvalue weighted by Crippen LogP contribution is -2.05. The number of rotatable bonds is 2. The second-order valence-corrected chi connectivity index (χ2v) is 4.28. The zero-order chi connectivity index (χ0) is 9.97. The van der Waals surface area contributed by atoms with E-state index in [-0.39, 0.29) is 0 Å². The lowest BCUT2D eigenvalue weighted by molar-refractivity contribution is 0.177. The van der Waals surface area contributed by atoms with Gasteiger partial charge < -0.3 is 4.84 Å². The highest BCUT2D eigenvalue weighted by Gasteiger charge is 2.02. The van der Waals surface area contributed by atoms with E-state index in [0.717, 1.165) is 8.95 Å². The number of hydrogen-bond acceptors (Lipinski definition) is 2. The Kier molecular flexibility index (Phi) is 2.88. The molecular weight excluding hydrogens is 312 g/mol. The van der Waals surface area contributed by atoms with Gasteiger partial charge in [0.2, 0.25) is 0 Å². The van der Waals surface area contributed by atoms with Gasteiger partial charge in [0.25, 0.3) is 0 Å². The lowest BCUT2D eigenvalue weighted by Gasteiger charge is -2.05. The Hall–Kier alpha value is -0.810. The van der Waals surface area contributed by atoms with Crippen LogP contribution in [0.4, 0.5) is 0 Å². The topological polar surface area (TPSA) is 27.1 Å². The smallest absolute Gasteiger partial charge is 0.172 e. The summed E-state index contributed by atoms with van der Waals surface area (Å²) >= 11 is 6.75. The lowest BCUT2D eigenvalue weighted by atomic mass is 10.3. The van der Waals surface area contributed by atoms with Crippen molar-refractivity contribution in [3.05, 3.63) is 45.6 Å². The van der Waals surface area contributed by atoms with Gasteiger partial charge in [-0.2, -0.15) is 0 Å². The van der Waals surface area contributed by atoms with E-state index in [1.807, 2.05) is 18.2 Å². The van der Waals surface area contributed by atoms with Gasteiger partial charge in [-0.15, -0.1) is 5.10 Å². The van der Waals surface area contributed by atoms with Gasteiger partial charge in [-0.05, 0) is 40.2 Å². The van der Waals surface area contributed by atoms with Crippen molar-refractivity contribution in [3.63, 3.8) is 0 Å². The largest absolute Gasteiger partial charge is 0.357 e. The first kappa shape index (κ1) is 9.73. The van der Waals surface area contributed by atoms with Gasteiger partial charge in [0.05, 0.1) is 10.7 Å². The fraction of sp³-hybridized carbons (Fsp3) is 0. The Morgan fingerprint density at radius 2 is 2.21 bits per heavy atom. The Labute approximate surface area is 97.9 Å². The Morgan fingerprint density at radius 3 is 2.86 bits per heavy atom. The maximum absolute atomic E-state index is 5.41. The molecule has 0 N–H and O–H groups in total. The van der Waals surface area contributed by atoms with E-state index in [9.17, 15) is 0 Å². The summed E-state index contributed by atoms with van der Waals surface area (Å²) in [4.78, 5) is 6.75. The van der Waals surface area contributed by atoms with Gasteiger partial charge in [0.1, 0.15) is 6.20 Å². The molecular formula is C9H5Br2N2O. The van der Waals surface area contributed by atoms with Crippen LogP contribution in [0.25, 0.3) is 0 Å². The van der Waals surface area contributed by atoms with E-state index in [0.29, 0.717) is 5.75 Å². The minimum atomic E-state index is 0.699. The van der Waals surface area contributed by atoms with Crippen LogP contribution in [0.5, 0.6) is 5.75 Å². The van der Waals surface area contributed by atoms with E-state index in [1.54, 1.807) is 12.3 Å². The van der Waals surface area contributed by atoms with E-state index < -0.39 is 0 Å². The summed E-state index contributed by atoms with van der Waals surface area (Å²) in [5, 5.41) is 3.81. The molecule has 3 nitrogen and oxygen atoms in total. The third-order valence-electron chi connectivity index (χ3n) is 1.52. The molecule has 0 fully saturated rings. The molecule has 1 aromatic carbocycles. The first-order valence-electron chi connectivity index (χ1n) is 3.81. The highest BCUT2D eigenvalue weighted by Crippen LogP contribution is 2.28. The molecule has 5 heteroatoms. The average Bonchev–Trinajstić information content (AvgIpc) is 2.62. The van der Waals surface area contributed by atoms with Gasteiger partial charge in [-0.25, -0.2) is 0 Å². The standard InChI is InChI=1S/C9H5Br2N2O/c10-7-2-3-9(8(11)6-7)14-13-5-1-4-12-13/h1-3,5-6H. The SMILES string of the molecule is Brc1ccc(On2cc[c]n2)c(Br)c1. The monoisotopic (exact) mass is 315 g/mol. The maximum atomic E-state index is 5.41. The minimum Gasteiger partial charge on any atom is -0.357 e. The molecule has 2 rings (SSSR count). The molecule has 0 aliphatic carbocycles. The minimum absolute atomic E-state index is 0.699. The first-order valence-corrected chi connectivity index (χ1v) is 5.39. The molecule has 2 aromatic rings. The number of aromatic nitrogens is 2. The molecule has 1 aromatic heterocycles. The van der Waals surface area contributed by atoms with Crippen molar-refractivity contribution in [1.82, 2.24) is 9.94 Å². The summed E-state index contributed by atoms with van der Waals surface area (Å²) in [6.07, 6.45) is 4.32. The zero-order valence-electron chi connectivity index (χ0n) is 6.95. The van der Waals surface area contributed by atoms with Crippen molar-refractivity contribution in [3.8, 4) is 5.75 Å². The van der Waals surface area contributed by atoms with Crippen LogP contribution in [0.3, 0.4) is 0 Å². The highest BCUT2D eigenvalue weighted by molar-refractivity contribution is 9.11. The Morgan fingerprint density at radius 1 is 1.36 bits per heavy atom. The van der Waals surface area contributed by atoms with Crippen molar-refractivity contribution in [2.45, 2.75) is 0 Å². The molecule has 1 radical (unpaired) electrons. The van der Waals surface area contributed by atoms with Crippen molar-refractivity contribution in [2.75, 3.05) is 0 Å². The summed E-state index contributed by atoms with van der Waals surface area (Å²) in [5.74, 6) is 0.699. The van der Waals surface area contributed by atoms with Crippen LogP contribution in [0.2, 0.25) is 0 Å². The fourth-order valence-electron chi connectivity index (χ4n) is 0.922. The summed E-state index contributed by atoms with van der Waals surface area (Å²) in [7, 11) is 0. The van der Waals surface area contributed by atoms with E-state index >= 15 is 0 Å². The van der Waals surface area contributed by atoms with E-state index in [1.165, 1.54) is 4.85 Å². The third kappa shape index (κ3) is 2.16. The van der Waals surface area contributed by atoms with Crippen molar-refractivity contribution >= 4 is 31.9 Å². The van der Waals surface area contributed by atoms with Crippen molar-refractivity contribution < 1.29 is 4.84 Å². The van der Waals surface area contributed by atoms with Crippen LogP contribution >= 0.6 is 31.9 Å². The fourth-order valence-corrected chi connectivity index (χ4v) is 2.04. The summed E-state index contributed by atoms with van der Waals surface area (Å²) in [6.45, 7) is 0.